The third kappa shape index (κ3) is 4.32. The van der Waals surface area contributed by atoms with E-state index in [4.69, 9.17) is 16.7 Å². The number of carbonyl (C=O) groups excluding carboxylic acids is 1. The molecule has 0 saturated carbocycles. The van der Waals surface area contributed by atoms with Gasteiger partial charge in [-0.25, -0.2) is 4.98 Å². The molecule has 1 saturated heterocycles. The van der Waals surface area contributed by atoms with Crippen LogP contribution in [-0.4, -0.2) is 47.1 Å². The lowest BCUT2D eigenvalue weighted by Crippen LogP contribution is -2.39. The molecule has 0 spiro atoms. The summed E-state index contributed by atoms with van der Waals surface area (Å²) in [6, 6.07) is 3.36. The van der Waals surface area contributed by atoms with E-state index < -0.39 is 0 Å². The fourth-order valence-electron chi connectivity index (χ4n) is 2.47. The largest absolute Gasteiger partial charge is 0.396 e. The summed E-state index contributed by atoms with van der Waals surface area (Å²) >= 11 is 6.00. The first kappa shape index (κ1) is 16.0. The predicted octanol–water partition coefficient (Wildman–Crippen LogP) is 2.40. The van der Waals surface area contributed by atoms with E-state index in [1.54, 1.807) is 12.1 Å². The molecule has 21 heavy (non-hydrogen) atoms. The minimum Gasteiger partial charge on any atom is -0.396 e. The minimum absolute atomic E-state index is 0.0183. The number of hydrogen-bond donors (Lipinski definition) is 2. The number of hydrogen-bond acceptors (Lipinski definition) is 4. The van der Waals surface area contributed by atoms with Crippen LogP contribution in [0.4, 0.5) is 5.82 Å². The number of anilines is 1. The third-order valence-corrected chi connectivity index (χ3v) is 3.95. The van der Waals surface area contributed by atoms with Crippen molar-refractivity contribution in [3.63, 3.8) is 0 Å². The van der Waals surface area contributed by atoms with Crippen LogP contribution in [0.1, 0.15) is 36.5 Å². The van der Waals surface area contributed by atoms with Crippen LogP contribution in [-0.2, 0) is 0 Å². The highest BCUT2D eigenvalue weighted by Gasteiger charge is 2.23. The summed E-state index contributed by atoms with van der Waals surface area (Å²) in [5, 5.41) is 12.6. The summed E-state index contributed by atoms with van der Waals surface area (Å²) in [6.45, 7) is 4.43. The zero-order valence-electron chi connectivity index (χ0n) is 12.3. The quantitative estimate of drug-likeness (QED) is 0.820. The molecule has 0 aliphatic carbocycles. The zero-order valence-corrected chi connectivity index (χ0v) is 13.1. The normalized spacial score (nSPS) is 16.0. The number of carbonyl (C=O) groups is 1. The Balaban J connectivity index is 2.06. The monoisotopic (exact) mass is 311 g/mol. The number of aromatic nitrogens is 1. The Morgan fingerprint density at radius 3 is 2.81 bits per heavy atom. The van der Waals surface area contributed by atoms with E-state index in [1.807, 2.05) is 4.90 Å². The van der Waals surface area contributed by atoms with Gasteiger partial charge in [-0.1, -0.05) is 18.5 Å². The van der Waals surface area contributed by atoms with Gasteiger partial charge in [0.2, 0.25) is 0 Å². The maximum absolute atomic E-state index is 12.5. The van der Waals surface area contributed by atoms with E-state index in [9.17, 15) is 4.79 Å². The smallest absolute Gasteiger partial charge is 0.254 e. The number of rotatable bonds is 5. The Hall–Kier alpha value is -1.33. The van der Waals surface area contributed by atoms with Crippen molar-refractivity contribution in [3.8, 4) is 0 Å². The van der Waals surface area contributed by atoms with Crippen molar-refractivity contribution >= 4 is 23.3 Å². The molecule has 0 aromatic carbocycles. The van der Waals surface area contributed by atoms with Gasteiger partial charge in [0.05, 0.1) is 0 Å². The van der Waals surface area contributed by atoms with Crippen LogP contribution in [0.3, 0.4) is 0 Å². The average Bonchev–Trinajstić information content (AvgIpc) is 2.51. The minimum atomic E-state index is -0.0183. The summed E-state index contributed by atoms with van der Waals surface area (Å²) in [5.74, 6) is 0.935. The number of amides is 1. The summed E-state index contributed by atoms with van der Waals surface area (Å²) in [6.07, 6.45) is 2.68. The third-order valence-electron chi connectivity index (χ3n) is 3.76. The van der Waals surface area contributed by atoms with Crippen LogP contribution in [0.15, 0.2) is 12.1 Å². The maximum Gasteiger partial charge on any atom is 0.254 e. The lowest BCUT2D eigenvalue weighted by molar-refractivity contribution is 0.0651. The van der Waals surface area contributed by atoms with Gasteiger partial charge in [0.15, 0.2) is 0 Å². The van der Waals surface area contributed by atoms with Gasteiger partial charge in [-0.3, -0.25) is 4.79 Å². The molecule has 2 rings (SSSR count). The second-order valence-electron chi connectivity index (χ2n) is 5.41. The molecule has 2 N–H and O–H groups in total. The van der Waals surface area contributed by atoms with E-state index in [1.165, 1.54) is 0 Å². The van der Waals surface area contributed by atoms with E-state index >= 15 is 0 Å². The van der Waals surface area contributed by atoms with Crippen LogP contribution < -0.4 is 5.32 Å². The molecule has 1 fully saturated rings. The second kappa shape index (κ2) is 7.61. The summed E-state index contributed by atoms with van der Waals surface area (Å²) in [4.78, 5) is 18.5. The number of nitrogens with one attached hydrogen (secondary N) is 1. The van der Waals surface area contributed by atoms with Gasteiger partial charge in [-0.2, -0.15) is 0 Å². The Kier molecular flexibility index (Phi) is 5.82. The highest BCUT2D eigenvalue weighted by Crippen LogP contribution is 2.21. The number of aliphatic hydroxyl groups is 1. The summed E-state index contributed by atoms with van der Waals surface area (Å²) in [7, 11) is 0. The van der Waals surface area contributed by atoms with Gasteiger partial charge >= 0.3 is 0 Å². The van der Waals surface area contributed by atoms with Crippen molar-refractivity contribution in [1.82, 2.24) is 9.88 Å². The fraction of sp³-hybridized carbons (Fsp3) is 0.600. The van der Waals surface area contributed by atoms with Gasteiger partial charge in [0, 0.05) is 31.8 Å². The molecule has 1 aromatic rings. The number of likely N-dealkylation sites (tertiary alicyclic amines) is 1. The Morgan fingerprint density at radius 1 is 1.48 bits per heavy atom. The molecule has 6 heteroatoms. The van der Waals surface area contributed by atoms with Gasteiger partial charge in [-0.15, -0.1) is 0 Å². The van der Waals surface area contributed by atoms with Crippen molar-refractivity contribution in [2.75, 3.05) is 31.6 Å². The molecule has 5 nitrogen and oxygen atoms in total. The molecule has 0 unspecified atom stereocenters. The maximum atomic E-state index is 12.5. The molecule has 0 atom stereocenters. The van der Waals surface area contributed by atoms with Crippen molar-refractivity contribution in [1.29, 1.82) is 0 Å². The Labute approximate surface area is 130 Å². The fourth-order valence-corrected chi connectivity index (χ4v) is 2.67. The summed E-state index contributed by atoms with van der Waals surface area (Å²) in [5.41, 5.74) is 0.566. The first-order valence-electron chi connectivity index (χ1n) is 7.45. The lowest BCUT2D eigenvalue weighted by atomic mass is 9.97. The number of aliphatic hydroxyl groups excluding tert-OH is 1. The van der Waals surface area contributed by atoms with Crippen LogP contribution in [0, 0.1) is 5.92 Å². The van der Waals surface area contributed by atoms with Crippen LogP contribution >= 0.6 is 11.6 Å². The van der Waals surface area contributed by atoms with E-state index in [0.29, 0.717) is 35.5 Å². The predicted molar refractivity (Wildman–Crippen MR) is 83.7 cm³/mol. The molecule has 2 heterocycles. The molecule has 1 amide bonds. The van der Waals surface area contributed by atoms with Crippen molar-refractivity contribution in [2.24, 2.45) is 5.92 Å². The summed E-state index contributed by atoms with van der Waals surface area (Å²) < 4.78 is 0. The van der Waals surface area contributed by atoms with E-state index in [0.717, 1.165) is 25.8 Å². The lowest BCUT2D eigenvalue weighted by Gasteiger charge is -2.31. The van der Waals surface area contributed by atoms with Gasteiger partial charge in [0.25, 0.3) is 5.91 Å². The molecular weight excluding hydrogens is 290 g/mol. The SMILES string of the molecule is CCCNc1cc(C(=O)N2CCC(CO)CC2)cc(Cl)n1. The highest BCUT2D eigenvalue weighted by molar-refractivity contribution is 6.29. The standard InChI is InChI=1S/C15H22ClN3O2/c1-2-5-17-14-9-12(8-13(16)18-14)15(21)19-6-3-11(10-20)4-7-19/h8-9,11,20H,2-7,10H2,1H3,(H,17,18). The van der Waals surface area contributed by atoms with Gasteiger partial charge in [-0.05, 0) is 37.3 Å². The molecule has 0 bridgehead atoms. The number of pyridine rings is 1. The first-order chi connectivity index (χ1) is 10.1. The number of halogens is 1. The molecule has 0 radical (unpaired) electrons. The Morgan fingerprint density at radius 2 is 2.19 bits per heavy atom. The van der Waals surface area contributed by atoms with Gasteiger partial charge in [0.1, 0.15) is 11.0 Å². The van der Waals surface area contributed by atoms with Crippen LogP contribution in [0.5, 0.6) is 0 Å². The number of piperidine rings is 1. The van der Waals surface area contributed by atoms with Crippen LogP contribution in [0.25, 0.3) is 0 Å². The van der Waals surface area contributed by atoms with Crippen molar-refractivity contribution in [2.45, 2.75) is 26.2 Å². The number of nitrogens with zero attached hydrogens (tertiary/aromatic N) is 2. The van der Waals surface area contributed by atoms with Gasteiger partial charge < -0.3 is 15.3 Å². The molecule has 1 aliphatic rings. The topological polar surface area (TPSA) is 65.5 Å². The molecule has 1 aliphatic heterocycles. The Bertz CT molecular complexity index is 488. The zero-order chi connectivity index (χ0) is 15.2. The van der Waals surface area contributed by atoms with E-state index in [-0.39, 0.29) is 12.5 Å². The second-order valence-corrected chi connectivity index (χ2v) is 5.80. The molecule has 1 aromatic heterocycles. The molecular formula is C15H22ClN3O2. The highest BCUT2D eigenvalue weighted by atomic mass is 35.5. The first-order valence-corrected chi connectivity index (χ1v) is 7.83. The van der Waals surface area contributed by atoms with Crippen molar-refractivity contribution in [3.05, 3.63) is 22.8 Å². The average molecular weight is 312 g/mol. The molecule has 116 valence electrons. The van der Waals surface area contributed by atoms with E-state index in [2.05, 4.69) is 17.2 Å². The van der Waals surface area contributed by atoms with Crippen molar-refractivity contribution < 1.29 is 9.90 Å². The van der Waals surface area contributed by atoms with Crippen LogP contribution in [0.2, 0.25) is 5.15 Å².